The lowest BCUT2D eigenvalue weighted by molar-refractivity contribution is -0.384. The predicted molar refractivity (Wildman–Crippen MR) is 110 cm³/mol. The van der Waals surface area contributed by atoms with E-state index in [1.807, 2.05) is 19.9 Å². The number of esters is 1. The molecule has 10 heteroatoms. The van der Waals surface area contributed by atoms with Crippen LogP contribution in [0, 0.1) is 24.0 Å². The Morgan fingerprint density at radius 2 is 1.93 bits per heavy atom. The van der Waals surface area contributed by atoms with Gasteiger partial charge < -0.3 is 15.8 Å². The molecule has 0 radical (unpaired) electrons. The number of nitrogens with zero attached hydrogens (tertiary/aromatic N) is 2. The van der Waals surface area contributed by atoms with Gasteiger partial charge in [0.15, 0.2) is 6.10 Å². The van der Waals surface area contributed by atoms with Gasteiger partial charge in [-0.25, -0.2) is 9.78 Å². The van der Waals surface area contributed by atoms with E-state index in [0.29, 0.717) is 15.9 Å². The highest BCUT2D eigenvalue weighted by molar-refractivity contribution is 7.21. The molecular formula is C19H18N4O5S. The van der Waals surface area contributed by atoms with Gasteiger partial charge in [-0.1, -0.05) is 0 Å². The number of anilines is 2. The molecule has 1 unspecified atom stereocenters. The second kappa shape index (κ2) is 7.84. The number of hydrogen-bond acceptors (Lipinski definition) is 8. The number of pyridine rings is 1. The maximum absolute atomic E-state index is 12.5. The van der Waals surface area contributed by atoms with Crippen molar-refractivity contribution < 1.29 is 19.2 Å². The molecular weight excluding hydrogens is 396 g/mol. The molecule has 0 aliphatic rings. The van der Waals surface area contributed by atoms with Gasteiger partial charge in [0, 0.05) is 28.9 Å². The Bertz CT molecular complexity index is 1120. The maximum Gasteiger partial charge on any atom is 0.351 e. The van der Waals surface area contributed by atoms with Crippen molar-refractivity contribution in [2.45, 2.75) is 26.9 Å². The van der Waals surface area contributed by atoms with E-state index in [0.717, 1.165) is 22.6 Å². The molecule has 150 valence electrons. The van der Waals surface area contributed by atoms with Crippen LogP contribution in [0.3, 0.4) is 0 Å². The first-order chi connectivity index (χ1) is 13.7. The Balaban J connectivity index is 1.72. The highest BCUT2D eigenvalue weighted by Gasteiger charge is 2.24. The van der Waals surface area contributed by atoms with Crippen molar-refractivity contribution in [3.8, 4) is 0 Å². The lowest BCUT2D eigenvalue weighted by Gasteiger charge is -2.13. The zero-order valence-corrected chi connectivity index (χ0v) is 16.7. The summed E-state index contributed by atoms with van der Waals surface area (Å²) >= 11 is 1.12. The Labute approximate surface area is 169 Å². The number of fused-ring (bicyclic) bond motifs is 1. The van der Waals surface area contributed by atoms with Gasteiger partial charge >= 0.3 is 5.97 Å². The fraction of sp³-hybridized carbons (Fsp3) is 0.211. The van der Waals surface area contributed by atoms with E-state index in [4.69, 9.17) is 10.5 Å². The summed E-state index contributed by atoms with van der Waals surface area (Å²) < 4.78 is 5.26. The first-order valence-corrected chi connectivity index (χ1v) is 9.41. The van der Waals surface area contributed by atoms with Gasteiger partial charge in [0.25, 0.3) is 11.6 Å². The average Bonchev–Trinajstić information content (AvgIpc) is 2.98. The minimum atomic E-state index is -1.10. The number of carbonyl (C=O) groups is 2. The van der Waals surface area contributed by atoms with Crippen LogP contribution in [-0.4, -0.2) is 27.9 Å². The number of nitrogens with two attached hydrogens (primary N) is 1. The average molecular weight is 414 g/mol. The van der Waals surface area contributed by atoms with Gasteiger partial charge in [-0.3, -0.25) is 14.9 Å². The molecule has 0 fully saturated rings. The highest BCUT2D eigenvalue weighted by atomic mass is 32.1. The van der Waals surface area contributed by atoms with Crippen molar-refractivity contribution in [1.29, 1.82) is 0 Å². The summed E-state index contributed by atoms with van der Waals surface area (Å²) in [6, 6.07) is 7.19. The van der Waals surface area contributed by atoms with Crippen molar-refractivity contribution in [3.63, 3.8) is 0 Å². The summed E-state index contributed by atoms with van der Waals surface area (Å²) in [6.45, 7) is 5.16. The van der Waals surface area contributed by atoms with Crippen LogP contribution in [0.4, 0.5) is 17.1 Å². The topological polar surface area (TPSA) is 137 Å². The predicted octanol–water partition coefficient (Wildman–Crippen LogP) is 3.59. The molecule has 1 aromatic carbocycles. The summed E-state index contributed by atoms with van der Waals surface area (Å²) in [6.07, 6.45) is -1.10. The third-order valence-electron chi connectivity index (χ3n) is 4.21. The molecule has 2 aromatic heterocycles. The molecule has 9 nitrogen and oxygen atoms in total. The molecule has 0 aliphatic carbocycles. The number of benzene rings is 1. The summed E-state index contributed by atoms with van der Waals surface area (Å²) in [5.41, 5.74) is 8.37. The Hall–Kier alpha value is -3.53. The van der Waals surface area contributed by atoms with Crippen molar-refractivity contribution in [2.24, 2.45) is 0 Å². The number of hydrogen-bond donors (Lipinski definition) is 2. The Morgan fingerprint density at radius 1 is 1.28 bits per heavy atom. The van der Waals surface area contributed by atoms with Gasteiger partial charge in [-0.05, 0) is 44.5 Å². The molecule has 1 amide bonds. The molecule has 3 rings (SSSR count). The first-order valence-electron chi connectivity index (χ1n) is 8.60. The van der Waals surface area contributed by atoms with Gasteiger partial charge in [-0.15, -0.1) is 11.3 Å². The van der Waals surface area contributed by atoms with E-state index in [1.54, 1.807) is 0 Å². The fourth-order valence-corrected chi connectivity index (χ4v) is 3.90. The van der Waals surface area contributed by atoms with Crippen molar-refractivity contribution in [2.75, 3.05) is 11.1 Å². The normalized spacial score (nSPS) is 11.8. The van der Waals surface area contributed by atoms with E-state index in [9.17, 15) is 19.7 Å². The summed E-state index contributed by atoms with van der Waals surface area (Å²) in [5.74, 6) is -1.29. The number of nitro groups is 1. The second-order valence-corrected chi connectivity index (χ2v) is 7.45. The van der Waals surface area contributed by atoms with Crippen molar-refractivity contribution in [3.05, 3.63) is 56.6 Å². The van der Waals surface area contributed by atoms with Crippen LogP contribution >= 0.6 is 11.3 Å². The second-order valence-electron chi connectivity index (χ2n) is 6.45. The molecule has 0 bridgehead atoms. The molecule has 0 saturated heterocycles. The summed E-state index contributed by atoms with van der Waals surface area (Å²) in [7, 11) is 0. The van der Waals surface area contributed by atoms with E-state index in [2.05, 4.69) is 10.3 Å². The zero-order chi connectivity index (χ0) is 21.3. The number of nitro benzene ring substituents is 1. The fourth-order valence-electron chi connectivity index (χ4n) is 2.80. The molecule has 3 N–H and O–H groups in total. The third kappa shape index (κ3) is 4.16. The lowest BCUT2D eigenvalue weighted by Crippen LogP contribution is -2.29. The van der Waals surface area contributed by atoms with Crippen molar-refractivity contribution in [1.82, 2.24) is 4.98 Å². The number of carbonyl (C=O) groups excluding carboxylic acids is 2. The number of aryl methyl sites for hydroxylation is 2. The van der Waals surface area contributed by atoms with Crippen LogP contribution in [0.2, 0.25) is 0 Å². The van der Waals surface area contributed by atoms with Crippen LogP contribution in [0.15, 0.2) is 30.3 Å². The molecule has 0 spiro atoms. The number of non-ortho nitro benzene ring substituents is 1. The van der Waals surface area contributed by atoms with Crippen LogP contribution in [0.1, 0.15) is 27.9 Å². The molecule has 3 aromatic rings. The number of ether oxygens (including phenoxy) is 1. The minimum Gasteiger partial charge on any atom is -0.448 e. The van der Waals surface area contributed by atoms with Crippen molar-refractivity contribution >= 4 is 50.5 Å². The summed E-state index contributed by atoms with van der Waals surface area (Å²) in [5, 5.41) is 13.9. The monoisotopic (exact) mass is 414 g/mol. The van der Waals surface area contributed by atoms with E-state index in [-0.39, 0.29) is 16.3 Å². The van der Waals surface area contributed by atoms with Gasteiger partial charge in [0.2, 0.25) is 0 Å². The number of thiophene rings is 1. The van der Waals surface area contributed by atoms with E-state index in [1.165, 1.54) is 31.2 Å². The Morgan fingerprint density at radius 3 is 2.55 bits per heavy atom. The number of aromatic nitrogens is 1. The number of nitrogens with one attached hydrogen (secondary N) is 1. The standard InChI is InChI=1S/C19H18N4O5S/c1-9-8-10(2)21-18-14(9)15(20)16(29-18)19(25)28-11(3)17(24)22-12-4-6-13(7-5-12)23(26)27/h4-8,11H,20H2,1-3H3,(H,22,24). The Kier molecular flexibility index (Phi) is 5.46. The number of amides is 1. The van der Waals surface area contributed by atoms with Crippen LogP contribution in [0.5, 0.6) is 0 Å². The van der Waals surface area contributed by atoms with Gasteiger partial charge in [0.05, 0.1) is 10.6 Å². The number of rotatable bonds is 5. The molecule has 2 heterocycles. The third-order valence-corrected chi connectivity index (χ3v) is 5.29. The van der Waals surface area contributed by atoms with Gasteiger partial charge in [-0.2, -0.15) is 0 Å². The van der Waals surface area contributed by atoms with Gasteiger partial charge in [0.1, 0.15) is 9.71 Å². The summed E-state index contributed by atoms with van der Waals surface area (Å²) in [4.78, 5) is 40.2. The SMILES string of the molecule is Cc1cc(C)c2c(N)c(C(=O)OC(C)C(=O)Nc3ccc([N+](=O)[O-])cc3)sc2n1. The maximum atomic E-state index is 12.5. The first kappa shape index (κ1) is 20.2. The lowest BCUT2D eigenvalue weighted by atomic mass is 10.1. The van der Waals surface area contributed by atoms with E-state index >= 15 is 0 Å². The molecule has 1 atom stereocenters. The smallest absolute Gasteiger partial charge is 0.351 e. The quantitative estimate of drug-likeness (QED) is 0.370. The molecule has 0 aliphatic heterocycles. The minimum absolute atomic E-state index is 0.0955. The molecule has 29 heavy (non-hydrogen) atoms. The highest BCUT2D eigenvalue weighted by Crippen LogP contribution is 2.35. The van der Waals surface area contributed by atoms with E-state index < -0.39 is 22.9 Å². The van der Waals surface area contributed by atoms with Crippen LogP contribution in [-0.2, 0) is 9.53 Å². The van der Waals surface area contributed by atoms with Crippen LogP contribution in [0.25, 0.3) is 10.2 Å². The van der Waals surface area contributed by atoms with Crippen LogP contribution < -0.4 is 11.1 Å². The zero-order valence-electron chi connectivity index (χ0n) is 15.9. The molecule has 0 saturated carbocycles. The number of nitrogen functional groups attached to an aromatic ring is 1. The largest absolute Gasteiger partial charge is 0.448 e.